The highest BCUT2D eigenvalue weighted by molar-refractivity contribution is 9.10. The van der Waals surface area contributed by atoms with Gasteiger partial charge >= 0.3 is 0 Å². The molecule has 0 fully saturated rings. The summed E-state index contributed by atoms with van der Waals surface area (Å²) in [5.74, 6) is -0.490. The van der Waals surface area contributed by atoms with Gasteiger partial charge in [0.1, 0.15) is 11.9 Å². The zero-order valence-corrected chi connectivity index (χ0v) is 12.2. The molecule has 0 radical (unpaired) electrons. The van der Waals surface area contributed by atoms with Gasteiger partial charge in [0.15, 0.2) is 0 Å². The lowest BCUT2D eigenvalue weighted by Gasteiger charge is -2.22. The van der Waals surface area contributed by atoms with E-state index in [1.165, 1.54) is 12.1 Å². The van der Waals surface area contributed by atoms with Crippen molar-refractivity contribution in [3.63, 3.8) is 0 Å². The van der Waals surface area contributed by atoms with Crippen LogP contribution in [0.3, 0.4) is 0 Å². The molecule has 3 N–H and O–H groups in total. The Kier molecular flexibility index (Phi) is 4.95. The molecular formula is C12H17BrFN3O. The summed E-state index contributed by atoms with van der Waals surface area (Å²) in [5, 5.41) is 2.92. The number of hydrogen-bond acceptors (Lipinski definition) is 3. The van der Waals surface area contributed by atoms with Gasteiger partial charge in [0.05, 0.1) is 15.8 Å². The molecule has 0 aliphatic rings. The average molecular weight is 318 g/mol. The molecule has 1 atom stereocenters. The summed E-state index contributed by atoms with van der Waals surface area (Å²) in [6.07, 6.45) is 0. The van der Waals surface area contributed by atoms with Gasteiger partial charge in [-0.1, -0.05) is 0 Å². The van der Waals surface area contributed by atoms with Crippen LogP contribution in [0.1, 0.15) is 13.8 Å². The Labute approximate surface area is 114 Å². The topological polar surface area (TPSA) is 58.4 Å². The molecule has 0 aliphatic heterocycles. The standard InChI is InChI=1S/C12H17BrFN3O/c1-4-17(3)12(18)7(2)16-11-6-9(14)8(13)5-10(11)15/h5-7,16H,4,15H2,1-3H3. The fourth-order valence-corrected chi connectivity index (χ4v) is 1.83. The van der Waals surface area contributed by atoms with E-state index in [4.69, 9.17) is 5.73 Å². The molecule has 1 aromatic rings. The van der Waals surface area contributed by atoms with Gasteiger partial charge in [0.25, 0.3) is 0 Å². The number of likely N-dealkylation sites (N-methyl/N-ethyl adjacent to an activating group) is 1. The third-order valence-corrected chi connectivity index (χ3v) is 3.29. The van der Waals surface area contributed by atoms with Crippen molar-refractivity contribution < 1.29 is 9.18 Å². The summed E-state index contributed by atoms with van der Waals surface area (Å²) in [5.41, 5.74) is 6.57. The van der Waals surface area contributed by atoms with Gasteiger partial charge in [-0.3, -0.25) is 4.79 Å². The zero-order chi connectivity index (χ0) is 13.9. The zero-order valence-electron chi connectivity index (χ0n) is 10.6. The minimum atomic E-state index is -0.460. The van der Waals surface area contributed by atoms with Crippen LogP contribution in [-0.4, -0.2) is 30.4 Å². The fourth-order valence-electron chi connectivity index (χ4n) is 1.47. The SMILES string of the molecule is CCN(C)C(=O)C(C)Nc1cc(F)c(Br)cc1N. The molecule has 1 rings (SSSR count). The molecule has 0 aliphatic carbocycles. The molecule has 0 heterocycles. The normalized spacial score (nSPS) is 12.1. The van der Waals surface area contributed by atoms with Crippen molar-refractivity contribution in [1.29, 1.82) is 0 Å². The van der Waals surface area contributed by atoms with Gasteiger partial charge in [-0.15, -0.1) is 0 Å². The summed E-state index contributed by atoms with van der Waals surface area (Å²) < 4.78 is 13.7. The Bertz CT molecular complexity index is 453. The van der Waals surface area contributed by atoms with Crippen LogP contribution < -0.4 is 11.1 Å². The van der Waals surface area contributed by atoms with Crippen LogP contribution in [0.15, 0.2) is 16.6 Å². The number of anilines is 2. The van der Waals surface area contributed by atoms with Crippen LogP contribution in [0.2, 0.25) is 0 Å². The number of nitrogens with two attached hydrogens (primary N) is 1. The number of nitrogen functional groups attached to an aromatic ring is 1. The summed E-state index contributed by atoms with van der Waals surface area (Å²) in [6, 6.07) is 2.28. The summed E-state index contributed by atoms with van der Waals surface area (Å²) in [4.78, 5) is 13.4. The van der Waals surface area contributed by atoms with Gasteiger partial charge in [0, 0.05) is 19.7 Å². The van der Waals surface area contributed by atoms with E-state index in [9.17, 15) is 9.18 Å². The van der Waals surface area contributed by atoms with Crippen molar-refractivity contribution in [2.24, 2.45) is 0 Å². The largest absolute Gasteiger partial charge is 0.397 e. The predicted octanol–water partition coefficient (Wildman–Crippen LogP) is 2.45. The highest BCUT2D eigenvalue weighted by Crippen LogP contribution is 2.27. The molecule has 1 amide bonds. The highest BCUT2D eigenvalue weighted by atomic mass is 79.9. The Morgan fingerprint density at radius 2 is 2.22 bits per heavy atom. The number of carbonyl (C=O) groups excluding carboxylic acids is 1. The highest BCUT2D eigenvalue weighted by Gasteiger charge is 2.17. The maximum absolute atomic E-state index is 13.4. The monoisotopic (exact) mass is 317 g/mol. The minimum Gasteiger partial charge on any atom is -0.397 e. The van der Waals surface area contributed by atoms with Crippen molar-refractivity contribution in [3.05, 3.63) is 22.4 Å². The van der Waals surface area contributed by atoms with E-state index in [0.717, 1.165) is 0 Å². The van der Waals surface area contributed by atoms with Gasteiger partial charge in [-0.05, 0) is 35.8 Å². The summed E-state index contributed by atoms with van der Waals surface area (Å²) in [6.45, 7) is 4.22. The van der Waals surface area contributed by atoms with E-state index in [0.29, 0.717) is 22.4 Å². The lowest BCUT2D eigenvalue weighted by atomic mass is 10.2. The van der Waals surface area contributed by atoms with Crippen molar-refractivity contribution >= 4 is 33.2 Å². The number of rotatable bonds is 4. The lowest BCUT2D eigenvalue weighted by molar-refractivity contribution is -0.130. The number of hydrogen-bond donors (Lipinski definition) is 2. The predicted molar refractivity (Wildman–Crippen MR) is 74.9 cm³/mol. The number of amides is 1. The molecule has 6 heteroatoms. The van der Waals surface area contributed by atoms with Crippen LogP contribution >= 0.6 is 15.9 Å². The summed E-state index contributed by atoms with van der Waals surface area (Å²) in [7, 11) is 1.71. The quantitative estimate of drug-likeness (QED) is 0.839. The van der Waals surface area contributed by atoms with Crippen LogP contribution in [0.4, 0.5) is 15.8 Å². The first-order chi connectivity index (χ1) is 8.36. The third kappa shape index (κ3) is 3.35. The molecule has 0 bridgehead atoms. The Hall–Kier alpha value is -1.30. The number of halogens is 2. The number of nitrogens with one attached hydrogen (secondary N) is 1. The molecule has 18 heavy (non-hydrogen) atoms. The second-order valence-electron chi connectivity index (χ2n) is 4.07. The lowest BCUT2D eigenvalue weighted by Crippen LogP contribution is -2.39. The average Bonchev–Trinajstić information content (AvgIpc) is 2.33. The first-order valence-corrected chi connectivity index (χ1v) is 6.42. The first kappa shape index (κ1) is 14.8. The van der Waals surface area contributed by atoms with Crippen molar-refractivity contribution in [2.45, 2.75) is 19.9 Å². The van der Waals surface area contributed by atoms with Crippen LogP contribution in [0, 0.1) is 5.82 Å². The molecule has 100 valence electrons. The molecule has 0 saturated carbocycles. The van der Waals surface area contributed by atoms with Crippen molar-refractivity contribution in [1.82, 2.24) is 4.90 Å². The van der Waals surface area contributed by atoms with Crippen LogP contribution in [-0.2, 0) is 4.79 Å². The van der Waals surface area contributed by atoms with E-state index in [1.54, 1.807) is 18.9 Å². The van der Waals surface area contributed by atoms with E-state index in [2.05, 4.69) is 21.2 Å². The van der Waals surface area contributed by atoms with Crippen LogP contribution in [0.5, 0.6) is 0 Å². The first-order valence-electron chi connectivity index (χ1n) is 5.62. The van der Waals surface area contributed by atoms with Crippen LogP contribution in [0.25, 0.3) is 0 Å². The Morgan fingerprint density at radius 3 is 2.78 bits per heavy atom. The maximum Gasteiger partial charge on any atom is 0.244 e. The van der Waals surface area contributed by atoms with Crippen molar-refractivity contribution in [3.8, 4) is 0 Å². The number of carbonyl (C=O) groups is 1. The van der Waals surface area contributed by atoms with E-state index in [-0.39, 0.29) is 5.91 Å². The molecule has 1 unspecified atom stereocenters. The van der Waals surface area contributed by atoms with E-state index >= 15 is 0 Å². The maximum atomic E-state index is 13.4. The number of benzene rings is 1. The second-order valence-corrected chi connectivity index (χ2v) is 4.93. The van der Waals surface area contributed by atoms with E-state index in [1.807, 2.05) is 6.92 Å². The van der Waals surface area contributed by atoms with Gasteiger partial charge in [-0.2, -0.15) is 0 Å². The van der Waals surface area contributed by atoms with Gasteiger partial charge < -0.3 is 16.0 Å². The molecule has 1 aromatic carbocycles. The molecular weight excluding hydrogens is 301 g/mol. The van der Waals surface area contributed by atoms with Gasteiger partial charge in [0.2, 0.25) is 5.91 Å². The van der Waals surface area contributed by atoms with Crippen molar-refractivity contribution in [2.75, 3.05) is 24.6 Å². The third-order valence-electron chi connectivity index (χ3n) is 2.69. The van der Waals surface area contributed by atoms with Gasteiger partial charge in [-0.25, -0.2) is 4.39 Å². The smallest absolute Gasteiger partial charge is 0.244 e. The molecule has 4 nitrogen and oxygen atoms in total. The fraction of sp³-hybridized carbons (Fsp3) is 0.417. The molecule has 0 saturated heterocycles. The number of nitrogens with zero attached hydrogens (tertiary/aromatic N) is 1. The Morgan fingerprint density at radius 1 is 1.61 bits per heavy atom. The molecule has 0 aromatic heterocycles. The molecule has 0 spiro atoms. The Balaban J connectivity index is 2.85. The summed E-state index contributed by atoms with van der Waals surface area (Å²) >= 11 is 3.05. The van der Waals surface area contributed by atoms with E-state index < -0.39 is 11.9 Å². The second kappa shape index (κ2) is 6.04. The minimum absolute atomic E-state index is 0.0692.